The van der Waals surface area contributed by atoms with Crippen LogP contribution >= 0.6 is 23.2 Å². The van der Waals surface area contributed by atoms with Crippen LogP contribution in [0.5, 0.6) is 0 Å². The normalized spacial score (nSPS) is 10.7. The third-order valence-corrected chi connectivity index (χ3v) is 4.26. The molecule has 2 rings (SSSR count). The van der Waals surface area contributed by atoms with Gasteiger partial charge in [0.25, 0.3) is 0 Å². The summed E-state index contributed by atoms with van der Waals surface area (Å²) >= 11 is 12.1. The van der Waals surface area contributed by atoms with E-state index in [2.05, 4.69) is 10.6 Å². The number of nitriles is 1. The lowest BCUT2D eigenvalue weighted by Crippen LogP contribution is -2.41. The lowest BCUT2D eigenvalue weighted by atomic mass is 9.90. The summed E-state index contributed by atoms with van der Waals surface area (Å²) < 4.78 is 0. The molecule has 0 atom stereocenters. The number of hydrogen-bond donors (Lipinski definition) is 2. The molecule has 0 saturated carbocycles. The van der Waals surface area contributed by atoms with Crippen molar-refractivity contribution in [2.24, 2.45) is 5.41 Å². The first-order chi connectivity index (χ1) is 11.8. The smallest absolute Gasteiger partial charge is 0.239 e. The molecular weight excluding hydrogens is 361 g/mol. The number of hydrogen-bond acceptors (Lipinski definition) is 3. The van der Waals surface area contributed by atoms with Crippen molar-refractivity contribution < 1.29 is 9.59 Å². The number of halogens is 2. The SMILES string of the molecule is CC(C)(C(=O)Nc1ccccc1C#N)C(=O)Nc1c(Cl)cccc1Cl. The summed E-state index contributed by atoms with van der Waals surface area (Å²) in [5, 5.41) is 14.8. The number of benzene rings is 2. The maximum atomic E-state index is 12.6. The van der Waals surface area contributed by atoms with Gasteiger partial charge in [-0.1, -0.05) is 41.4 Å². The highest BCUT2D eigenvalue weighted by molar-refractivity contribution is 6.40. The summed E-state index contributed by atoms with van der Waals surface area (Å²) in [7, 11) is 0. The molecule has 0 saturated heterocycles. The van der Waals surface area contributed by atoms with Gasteiger partial charge in [-0.05, 0) is 38.1 Å². The molecule has 2 aromatic carbocycles. The Labute approximate surface area is 155 Å². The highest BCUT2D eigenvalue weighted by Gasteiger charge is 2.37. The zero-order valence-electron chi connectivity index (χ0n) is 13.6. The average molecular weight is 376 g/mol. The van der Waals surface area contributed by atoms with Crippen LogP contribution < -0.4 is 10.6 Å². The van der Waals surface area contributed by atoms with E-state index in [1.165, 1.54) is 13.8 Å². The van der Waals surface area contributed by atoms with Crippen LogP contribution in [0.4, 0.5) is 11.4 Å². The lowest BCUT2D eigenvalue weighted by molar-refractivity contribution is -0.135. The molecule has 128 valence electrons. The van der Waals surface area contributed by atoms with Crippen molar-refractivity contribution in [1.82, 2.24) is 0 Å². The average Bonchev–Trinajstić information content (AvgIpc) is 2.58. The number of amides is 2. The van der Waals surface area contributed by atoms with Gasteiger partial charge in [-0.25, -0.2) is 0 Å². The van der Waals surface area contributed by atoms with Gasteiger partial charge in [0.1, 0.15) is 11.5 Å². The topological polar surface area (TPSA) is 82.0 Å². The number of carbonyl (C=O) groups excluding carboxylic acids is 2. The summed E-state index contributed by atoms with van der Waals surface area (Å²) in [6.07, 6.45) is 0. The van der Waals surface area contributed by atoms with E-state index < -0.39 is 17.2 Å². The minimum Gasteiger partial charge on any atom is -0.324 e. The monoisotopic (exact) mass is 375 g/mol. The summed E-state index contributed by atoms with van der Waals surface area (Å²) in [5.41, 5.74) is -0.535. The Hall–Kier alpha value is -2.55. The lowest BCUT2D eigenvalue weighted by Gasteiger charge is -2.23. The fourth-order valence-corrected chi connectivity index (χ4v) is 2.45. The summed E-state index contributed by atoms with van der Waals surface area (Å²) in [6.45, 7) is 2.94. The molecule has 7 heteroatoms. The van der Waals surface area contributed by atoms with E-state index in [-0.39, 0.29) is 15.7 Å². The predicted octanol–water partition coefficient (Wildman–Crippen LogP) is 4.47. The van der Waals surface area contributed by atoms with Crippen molar-refractivity contribution in [1.29, 1.82) is 5.26 Å². The molecule has 0 bridgehead atoms. The van der Waals surface area contributed by atoms with Gasteiger partial charge in [0.05, 0.1) is 27.0 Å². The van der Waals surface area contributed by atoms with Crippen molar-refractivity contribution in [3.63, 3.8) is 0 Å². The van der Waals surface area contributed by atoms with Crippen molar-refractivity contribution in [3.05, 3.63) is 58.1 Å². The van der Waals surface area contributed by atoms with Crippen molar-refractivity contribution in [3.8, 4) is 6.07 Å². The van der Waals surface area contributed by atoms with Crippen molar-refractivity contribution in [2.45, 2.75) is 13.8 Å². The second-order valence-corrected chi connectivity index (χ2v) is 6.60. The largest absolute Gasteiger partial charge is 0.324 e. The fraction of sp³-hybridized carbons (Fsp3) is 0.167. The van der Waals surface area contributed by atoms with Gasteiger partial charge in [0.15, 0.2) is 0 Å². The maximum Gasteiger partial charge on any atom is 0.239 e. The molecule has 0 aliphatic heterocycles. The molecule has 2 N–H and O–H groups in total. The van der Waals surface area contributed by atoms with E-state index in [1.54, 1.807) is 42.5 Å². The van der Waals surface area contributed by atoms with Crippen LogP contribution in [0.2, 0.25) is 10.0 Å². The highest BCUT2D eigenvalue weighted by Crippen LogP contribution is 2.32. The molecule has 0 spiro atoms. The highest BCUT2D eigenvalue weighted by atomic mass is 35.5. The summed E-state index contributed by atoms with van der Waals surface area (Å²) in [5.74, 6) is -1.13. The van der Waals surface area contributed by atoms with Crippen LogP contribution in [0.3, 0.4) is 0 Å². The van der Waals surface area contributed by atoms with Crippen molar-refractivity contribution in [2.75, 3.05) is 10.6 Å². The van der Waals surface area contributed by atoms with Crippen LogP contribution in [0.25, 0.3) is 0 Å². The molecule has 0 aromatic heterocycles. The first-order valence-electron chi connectivity index (χ1n) is 7.33. The number of nitrogens with zero attached hydrogens (tertiary/aromatic N) is 1. The molecule has 0 aliphatic rings. The molecule has 0 aliphatic carbocycles. The molecule has 0 radical (unpaired) electrons. The molecule has 5 nitrogen and oxygen atoms in total. The minimum atomic E-state index is -1.43. The van der Waals surface area contributed by atoms with Crippen LogP contribution in [0, 0.1) is 16.7 Å². The Balaban J connectivity index is 2.21. The number of carbonyl (C=O) groups is 2. The van der Waals surface area contributed by atoms with E-state index in [0.29, 0.717) is 11.3 Å². The van der Waals surface area contributed by atoms with Gasteiger partial charge >= 0.3 is 0 Å². The van der Waals surface area contributed by atoms with Crippen LogP contribution in [0.1, 0.15) is 19.4 Å². The fourth-order valence-electron chi connectivity index (χ4n) is 1.96. The first kappa shape index (κ1) is 18.8. The summed E-state index contributed by atoms with van der Waals surface area (Å²) in [4.78, 5) is 25.1. The van der Waals surface area contributed by atoms with E-state index in [4.69, 9.17) is 28.5 Å². The molecule has 25 heavy (non-hydrogen) atoms. The van der Waals surface area contributed by atoms with Gasteiger partial charge in [-0.15, -0.1) is 0 Å². The Bertz CT molecular complexity index is 853. The van der Waals surface area contributed by atoms with Gasteiger partial charge in [-0.2, -0.15) is 5.26 Å². The molecule has 0 unspecified atom stereocenters. The molecule has 2 amide bonds. The Morgan fingerprint density at radius 2 is 1.52 bits per heavy atom. The van der Waals surface area contributed by atoms with E-state index in [9.17, 15) is 9.59 Å². The standard InChI is InChI=1S/C18H15Cl2N3O2/c1-18(2,16(24)22-14-9-4-3-6-11(14)10-21)17(25)23-15-12(19)7-5-8-13(15)20/h3-9H,1-2H3,(H,22,24)(H,23,25). The molecule has 0 heterocycles. The van der Waals surface area contributed by atoms with Crippen LogP contribution in [-0.2, 0) is 9.59 Å². The Morgan fingerprint density at radius 3 is 2.12 bits per heavy atom. The third kappa shape index (κ3) is 4.11. The molecular formula is C18H15Cl2N3O2. The summed E-state index contributed by atoms with van der Waals surface area (Å²) in [6, 6.07) is 13.3. The second kappa shape index (κ2) is 7.56. The number of rotatable bonds is 4. The van der Waals surface area contributed by atoms with Gasteiger partial charge in [0.2, 0.25) is 11.8 Å². The predicted molar refractivity (Wildman–Crippen MR) is 98.7 cm³/mol. The number of para-hydroxylation sites is 2. The number of anilines is 2. The maximum absolute atomic E-state index is 12.6. The van der Waals surface area contributed by atoms with Crippen LogP contribution in [0.15, 0.2) is 42.5 Å². The first-order valence-corrected chi connectivity index (χ1v) is 8.09. The molecule has 0 fully saturated rings. The zero-order valence-corrected chi connectivity index (χ0v) is 15.1. The Kier molecular flexibility index (Phi) is 5.68. The zero-order chi connectivity index (χ0) is 18.6. The second-order valence-electron chi connectivity index (χ2n) is 5.79. The van der Waals surface area contributed by atoms with Crippen molar-refractivity contribution >= 4 is 46.4 Å². The minimum absolute atomic E-state index is 0.245. The van der Waals surface area contributed by atoms with E-state index in [1.807, 2.05) is 6.07 Å². The van der Waals surface area contributed by atoms with Gasteiger partial charge in [-0.3, -0.25) is 9.59 Å². The van der Waals surface area contributed by atoms with Gasteiger partial charge < -0.3 is 10.6 Å². The number of nitrogens with one attached hydrogen (secondary N) is 2. The van der Waals surface area contributed by atoms with Crippen LogP contribution in [-0.4, -0.2) is 11.8 Å². The molecule has 2 aromatic rings. The quantitative estimate of drug-likeness (QED) is 0.773. The van der Waals surface area contributed by atoms with E-state index in [0.717, 1.165) is 0 Å². The third-order valence-electron chi connectivity index (χ3n) is 3.63. The Morgan fingerprint density at radius 1 is 0.960 bits per heavy atom. The van der Waals surface area contributed by atoms with Gasteiger partial charge in [0, 0.05) is 0 Å². The van der Waals surface area contributed by atoms with E-state index >= 15 is 0 Å².